The van der Waals surface area contributed by atoms with Crippen LogP contribution in [0, 0.1) is 0 Å². The number of rotatable bonds is 6. The first-order valence-corrected chi connectivity index (χ1v) is 7.08. The Hall–Kier alpha value is -1.71. The molecule has 0 aliphatic carbocycles. The Labute approximate surface area is 114 Å². The lowest BCUT2D eigenvalue weighted by atomic mass is 10.2. The molecule has 0 amide bonds. The highest BCUT2D eigenvalue weighted by atomic mass is 16.4. The molecule has 4 heteroatoms. The molecular formula is C15H23N3O. The summed E-state index contributed by atoms with van der Waals surface area (Å²) < 4.78 is 5.86. The second-order valence-corrected chi connectivity index (χ2v) is 5.03. The van der Waals surface area contributed by atoms with E-state index < -0.39 is 0 Å². The lowest BCUT2D eigenvalue weighted by Gasteiger charge is -2.26. The van der Waals surface area contributed by atoms with E-state index in [-0.39, 0.29) is 0 Å². The van der Waals surface area contributed by atoms with Crippen molar-refractivity contribution in [1.29, 1.82) is 0 Å². The maximum atomic E-state index is 5.86. The summed E-state index contributed by atoms with van der Waals surface area (Å²) >= 11 is 0. The van der Waals surface area contributed by atoms with E-state index in [1.807, 2.05) is 18.2 Å². The number of nitrogen functional groups attached to an aromatic ring is 1. The lowest BCUT2D eigenvalue weighted by molar-refractivity contribution is 0.508. The summed E-state index contributed by atoms with van der Waals surface area (Å²) in [6.45, 7) is 7.57. The van der Waals surface area contributed by atoms with Gasteiger partial charge in [-0.1, -0.05) is 20.3 Å². The monoisotopic (exact) mass is 261 g/mol. The van der Waals surface area contributed by atoms with E-state index in [0.717, 1.165) is 36.2 Å². The molecular weight excluding hydrogens is 238 g/mol. The minimum Gasteiger partial charge on any atom is -0.423 e. The number of oxazole rings is 1. The fourth-order valence-electron chi connectivity index (χ4n) is 2.11. The summed E-state index contributed by atoms with van der Waals surface area (Å²) in [5, 5.41) is 0. The average Bonchev–Trinajstić information content (AvgIpc) is 2.81. The van der Waals surface area contributed by atoms with Gasteiger partial charge in [-0.2, -0.15) is 4.98 Å². The molecule has 0 radical (unpaired) electrons. The van der Waals surface area contributed by atoms with Gasteiger partial charge in [0.2, 0.25) is 0 Å². The van der Waals surface area contributed by atoms with Crippen LogP contribution < -0.4 is 10.6 Å². The first-order chi connectivity index (χ1) is 9.15. The molecule has 0 aliphatic heterocycles. The standard InChI is InChI=1S/C15H23N3O/c1-4-6-9-18(11(3)5-2)15-17-13-10-12(16)7-8-14(13)19-15/h7-8,10-11H,4-6,9,16H2,1-3H3. The molecule has 0 saturated heterocycles. The van der Waals surface area contributed by atoms with Crippen LogP contribution in [-0.4, -0.2) is 17.6 Å². The van der Waals surface area contributed by atoms with Crippen LogP contribution in [0.25, 0.3) is 11.1 Å². The van der Waals surface area contributed by atoms with E-state index in [0.29, 0.717) is 12.1 Å². The third-order valence-electron chi connectivity index (χ3n) is 3.52. The largest absolute Gasteiger partial charge is 0.423 e. The number of unbranched alkanes of at least 4 members (excludes halogenated alkanes) is 1. The molecule has 1 aromatic heterocycles. The molecule has 104 valence electrons. The van der Waals surface area contributed by atoms with Gasteiger partial charge in [0.05, 0.1) is 0 Å². The molecule has 4 nitrogen and oxygen atoms in total. The number of fused-ring (bicyclic) bond motifs is 1. The van der Waals surface area contributed by atoms with E-state index >= 15 is 0 Å². The van der Waals surface area contributed by atoms with E-state index in [1.54, 1.807) is 0 Å². The number of hydrogen-bond donors (Lipinski definition) is 1. The zero-order chi connectivity index (χ0) is 13.8. The van der Waals surface area contributed by atoms with Gasteiger partial charge in [0.15, 0.2) is 5.58 Å². The number of aromatic nitrogens is 1. The van der Waals surface area contributed by atoms with Crippen molar-refractivity contribution in [2.24, 2.45) is 0 Å². The zero-order valence-corrected chi connectivity index (χ0v) is 12.0. The highest BCUT2D eigenvalue weighted by Crippen LogP contribution is 2.25. The van der Waals surface area contributed by atoms with E-state index in [9.17, 15) is 0 Å². The Kier molecular flexibility index (Phi) is 4.30. The third-order valence-corrected chi connectivity index (χ3v) is 3.52. The number of anilines is 2. The molecule has 1 unspecified atom stereocenters. The molecule has 0 bridgehead atoms. The van der Waals surface area contributed by atoms with Crippen LogP contribution in [0.4, 0.5) is 11.7 Å². The fraction of sp³-hybridized carbons (Fsp3) is 0.533. The predicted molar refractivity (Wildman–Crippen MR) is 80.4 cm³/mol. The quantitative estimate of drug-likeness (QED) is 0.803. The van der Waals surface area contributed by atoms with Gasteiger partial charge >= 0.3 is 0 Å². The number of benzene rings is 1. The second-order valence-electron chi connectivity index (χ2n) is 5.03. The molecule has 0 spiro atoms. The molecule has 2 rings (SSSR count). The van der Waals surface area contributed by atoms with Crippen LogP contribution >= 0.6 is 0 Å². The van der Waals surface area contributed by atoms with Crippen LogP contribution in [0.2, 0.25) is 0 Å². The molecule has 2 aromatic rings. The van der Waals surface area contributed by atoms with Crippen molar-refractivity contribution >= 4 is 22.8 Å². The van der Waals surface area contributed by atoms with Crippen LogP contribution in [0.15, 0.2) is 22.6 Å². The SMILES string of the molecule is CCCCN(c1nc2cc(N)ccc2o1)C(C)CC. The van der Waals surface area contributed by atoms with E-state index in [4.69, 9.17) is 10.2 Å². The summed E-state index contributed by atoms with van der Waals surface area (Å²) in [6, 6.07) is 6.73. The van der Waals surface area contributed by atoms with Crippen molar-refractivity contribution in [2.75, 3.05) is 17.2 Å². The minimum atomic E-state index is 0.428. The Morgan fingerprint density at radius 2 is 2.16 bits per heavy atom. The zero-order valence-electron chi connectivity index (χ0n) is 12.0. The van der Waals surface area contributed by atoms with Crippen LogP contribution in [0.1, 0.15) is 40.0 Å². The van der Waals surface area contributed by atoms with Crippen molar-refractivity contribution in [3.05, 3.63) is 18.2 Å². The van der Waals surface area contributed by atoms with Crippen molar-refractivity contribution in [1.82, 2.24) is 4.98 Å². The second kappa shape index (κ2) is 5.95. The van der Waals surface area contributed by atoms with Gasteiger partial charge < -0.3 is 15.1 Å². The highest BCUT2D eigenvalue weighted by Gasteiger charge is 2.18. The first kappa shape index (κ1) is 13.7. The first-order valence-electron chi connectivity index (χ1n) is 7.08. The van der Waals surface area contributed by atoms with Gasteiger partial charge in [-0.15, -0.1) is 0 Å². The maximum Gasteiger partial charge on any atom is 0.298 e. The van der Waals surface area contributed by atoms with Crippen molar-refractivity contribution < 1.29 is 4.42 Å². The van der Waals surface area contributed by atoms with Gasteiger partial charge in [0, 0.05) is 18.3 Å². The van der Waals surface area contributed by atoms with Crippen LogP contribution in [-0.2, 0) is 0 Å². The van der Waals surface area contributed by atoms with Crippen molar-refractivity contribution in [2.45, 2.75) is 46.1 Å². The molecule has 1 heterocycles. The predicted octanol–water partition coefficient (Wildman–Crippen LogP) is 3.82. The number of hydrogen-bond acceptors (Lipinski definition) is 4. The average molecular weight is 261 g/mol. The summed E-state index contributed by atoms with van der Waals surface area (Å²) in [4.78, 5) is 6.82. The molecule has 2 N–H and O–H groups in total. The van der Waals surface area contributed by atoms with Crippen LogP contribution in [0.5, 0.6) is 0 Å². The molecule has 0 fully saturated rings. The number of nitrogens with two attached hydrogens (primary N) is 1. The van der Waals surface area contributed by atoms with Gasteiger partial charge in [-0.05, 0) is 38.0 Å². The van der Waals surface area contributed by atoms with Gasteiger partial charge in [0.1, 0.15) is 5.52 Å². The number of nitrogens with zero attached hydrogens (tertiary/aromatic N) is 2. The van der Waals surface area contributed by atoms with Gasteiger partial charge in [0.25, 0.3) is 6.01 Å². The summed E-state index contributed by atoms with van der Waals surface area (Å²) in [5.41, 5.74) is 8.13. The normalized spacial score (nSPS) is 12.8. The Morgan fingerprint density at radius 3 is 2.84 bits per heavy atom. The summed E-state index contributed by atoms with van der Waals surface area (Å²) in [7, 11) is 0. The van der Waals surface area contributed by atoms with Crippen molar-refractivity contribution in [3.8, 4) is 0 Å². The Morgan fingerprint density at radius 1 is 1.37 bits per heavy atom. The smallest absolute Gasteiger partial charge is 0.298 e. The Balaban J connectivity index is 2.32. The van der Waals surface area contributed by atoms with Crippen molar-refractivity contribution in [3.63, 3.8) is 0 Å². The molecule has 0 aliphatic rings. The molecule has 1 aromatic carbocycles. The molecule has 1 atom stereocenters. The minimum absolute atomic E-state index is 0.428. The topological polar surface area (TPSA) is 55.3 Å². The van der Waals surface area contributed by atoms with Gasteiger partial charge in [-0.3, -0.25) is 0 Å². The Bertz CT molecular complexity index is 535. The highest BCUT2D eigenvalue weighted by molar-refractivity contribution is 5.78. The van der Waals surface area contributed by atoms with Crippen LogP contribution in [0.3, 0.4) is 0 Å². The third kappa shape index (κ3) is 3.00. The van der Waals surface area contributed by atoms with Gasteiger partial charge in [-0.25, -0.2) is 0 Å². The van der Waals surface area contributed by atoms with E-state index in [2.05, 4.69) is 30.7 Å². The summed E-state index contributed by atoms with van der Waals surface area (Å²) in [6.07, 6.45) is 3.38. The lowest BCUT2D eigenvalue weighted by Crippen LogP contribution is -2.33. The van der Waals surface area contributed by atoms with E-state index in [1.165, 1.54) is 6.42 Å². The molecule has 19 heavy (non-hydrogen) atoms. The fourth-order valence-corrected chi connectivity index (χ4v) is 2.11. The maximum absolute atomic E-state index is 5.86. The summed E-state index contributed by atoms with van der Waals surface area (Å²) in [5.74, 6) is 0. The molecule has 0 saturated carbocycles.